The van der Waals surface area contributed by atoms with E-state index in [9.17, 15) is 9.59 Å². The summed E-state index contributed by atoms with van der Waals surface area (Å²) in [5.41, 5.74) is 2.60. The molecule has 2 aromatic rings. The number of carbonyl (C=O) groups excluding carboxylic acids is 2. The predicted molar refractivity (Wildman–Crippen MR) is 141 cm³/mol. The van der Waals surface area contributed by atoms with Crippen molar-refractivity contribution in [1.82, 2.24) is 15.6 Å². The molecule has 0 spiro atoms. The van der Waals surface area contributed by atoms with E-state index in [0.29, 0.717) is 13.2 Å². The van der Waals surface area contributed by atoms with Crippen LogP contribution in [0.4, 0.5) is 15.4 Å². The van der Waals surface area contributed by atoms with E-state index in [0.717, 1.165) is 48.4 Å². The fourth-order valence-electron chi connectivity index (χ4n) is 4.89. The molecule has 0 saturated carbocycles. The van der Waals surface area contributed by atoms with E-state index in [-0.39, 0.29) is 24.6 Å². The molecule has 3 atom stereocenters. The molecule has 1 aliphatic heterocycles. The number of nitrogens with one attached hydrogen (secondary N) is 2. The smallest absolute Gasteiger partial charge is 0.407 e. The summed E-state index contributed by atoms with van der Waals surface area (Å²) < 4.78 is 16.2. The van der Waals surface area contributed by atoms with Gasteiger partial charge in [0.25, 0.3) is 0 Å². The van der Waals surface area contributed by atoms with Crippen LogP contribution in [0.5, 0.6) is 0 Å². The highest BCUT2D eigenvalue weighted by molar-refractivity contribution is 5.68. The lowest BCUT2D eigenvalue weighted by atomic mass is 9.92. The van der Waals surface area contributed by atoms with Gasteiger partial charge in [0.15, 0.2) is 0 Å². The number of ether oxygens (including phenoxy) is 3. The lowest BCUT2D eigenvalue weighted by molar-refractivity contribution is 0.0480. The van der Waals surface area contributed by atoms with Crippen molar-refractivity contribution < 1.29 is 23.8 Å². The van der Waals surface area contributed by atoms with Crippen LogP contribution in [0.1, 0.15) is 44.0 Å². The van der Waals surface area contributed by atoms with Gasteiger partial charge in [-0.2, -0.15) is 0 Å². The van der Waals surface area contributed by atoms with Crippen LogP contribution in [-0.2, 0) is 33.7 Å². The SMILES string of the molecule is COCC1CN(c2ccc3c(n2)CC[C@H](NC(=O)OCc2ccccc2)C3)CC1NC(=O)OC(C)(C)C. The first-order valence-corrected chi connectivity index (χ1v) is 12.9. The molecular weight excluding hydrogens is 472 g/mol. The minimum atomic E-state index is -0.551. The van der Waals surface area contributed by atoms with Crippen LogP contribution < -0.4 is 15.5 Å². The first-order valence-electron chi connectivity index (χ1n) is 12.9. The number of carbonyl (C=O) groups is 2. The number of pyridine rings is 1. The Kier molecular flexibility index (Phi) is 8.53. The monoisotopic (exact) mass is 510 g/mol. The summed E-state index contributed by atoms with van der Waals surface area (Å²) in [6.07, 6.45) is 1.49. The average Bonchev–Trinajstić information content (AvgIpc) is 3.24. The second-order valence-corrected chi connectivity index (χ2v) is 10.8. The molecule has 9 nitrogen and oxygen atoms in total. The summed E-state index contributed by atoms with van der Waals surface area (Å²) in [7, 11) is 1.67. The first-order chi connectivity index (χ1) is 17.7. The van der Waals surface area contributed by atoms with Crippen molar-refractivity contribution in [3.8, 4) is 0 Å². The Morgan fingerprint density at radius 2 is 1.84 bits per heavy atom. The fraction of sp³-hybridized carbons (Fsp3) is 0.536. The highest BCUT2D eigenvalue weighted by Crippen LogP contribution is 2.27. The third-order valence-electron chi connectivity index (χ3n) is 6.63. The van der Waals surface area contributed by atoms with Gasteiger partial charge in [-0.15, -0.1) is 0 Å². The molecule has 2 aliphatic rings. The summed E-state index contributed by atoms with van der Waals surface area (Å²) in [5.74, 6) is 1.02. The molecule has 200 valence electrons. The quantitative estimate of drug-likeness (QED) is 0.584. The second-order valence-electron chi connectivity index (χ2n) is 10.8. The number of fused-ring (bicyclic) bond motifs is 1. The van der Waals surface area contributed by atoms with Crippen LogP contribution in [0.3, 0.4) is 0 Å². The van der Waals surface area contributed by atoms with Gasteiger partial charge in [0.1, 0.15) is 18.0 Å². The van der Waals surface area contributed by atoms with Gasteiger partial charge >= 0.3 is 12.2 Å². The predicted octanol–water partition coefficient (Wildman–Crippen LogP) is 3.84. The van der Waals surface area contributed by atoms with Crippen molar-refractivity contribution in [3.63, 3.8) is 0 Å². The fourth-order valence-corrected chi connectivity index (χ4v) is 4.89. The first kappa shape index (κ1) is 26.7. The Labute approximate surface area is 218 Å². The zero-order chi connectivity index (χ0) is 26.4. The number of nitrogens with zero attached hydrogens (tertiary/aromatic N) is 2. The normalized spacial score (nSPS) is 21.2. The van der Waals surface area contributed by atoms with Crippen LogP contribution in [0.15, 0.2) is 42.5 Å². The summed E-state index contributed by atoms with van der Waals surface area (Å²) in [6, 6.07) is 13.7. The molecule has 1 fully saturated rings. The van der Waals surface area contributed by atoms with Crippen molar-refractivity contribution >= 4 is 18.0 Å². The van der Waals surface area contributed by atoms with Crippen molar-refractivity contribution in [3.05, 3.63) is 59.3 Å². The number of alkyl carbamates (subject to hydrolysis) is 2. The molecule has 2 amide bonds. The number of benzene rings is 1. The second kappa shape index (κ2) is 11.8. The number of hydrogen-bond acceptors (Lipinski definition) is 7. The highest BCUT2D eigenvalue weighted by atomic mass is 16.6. The molecule has 1 aromatic carbocycles. The topological polar surface area (TPSA) is 102 Å². The Morgan fingerprint density at radius 3 is 2.57 bits per heavy atom. The zero-order valence-electron chi connectivity index (χ0n) is 22.2. The molecule has 2 heterocycles. The molecule has 1 aromatic heterocycles. The molecule has 0 bridgehead atoms. The number of methoxy groups -OCH3 is 1. The molecule has 2 N–H and O–H groups in total. The van der Waals surface area contributed by atoms with E-state index in [2.05, 4.69) is 21.6 Å². The van der Waals surface area contributed by atoms with Gasteiger partial charge in [-0.25, -0.2) is 14.6 Å². The Morgan fingerprint density at radius 1 is 1.05 bits per heavy atom. The minimum Gasteiger partial charge on any atom is -0.445 e. The Bertz CT molecular complexity index is 1070. The van der Waals surface area contributed by atoms with E-state index in [1.807, 2.05) is 57.2 Å². The zero-order valence-corrected chi connectivity index (χ0v) is 22.2. The number of hydrogen-bond donors (Lipinski definition) is 2. The number of anilines is 1. The summed E-state index contributed by atoms with van der Waals surface area (Å²) >= 11 is 0. The number of aromatic nitrogens is 1. The molecule has 0 radical (unpaired) electrons. The van der Waals surface area contributed by atoms with Crippen LogP contribution in [-0.4, -0.2) is 61.7 Å². The molecule has 1 aliphatic carbocycles. The van der Waals surface area contributed by atoms with Gasteiger partial charge in [0.2, 0.25) is 0 Å². The number of amides is 2. The van der Waals surface area contributed by atoms with Crippen LogP contribution in [0.25, 0.3) is 0 Å². The van der Waals surface area contributed by atoms with Gasteiger partial charge in [-0.1, -0.05) is 36.4 Å². The van der Waals surface area contributed by atoms with Crippen molar-refractivity contribution in [2.45, 2.75) is 64.3 Å². The van der Waals surface area contributed by atoms with Gasteiger partial charge in [-0.3, -0.25) is 0 Å². The maximum absolute atomic E-state index is 12.4. The third kappa shape index (κ3) is 7.58. The van der Waals surface area contributed by atoms with E-state index in [1.165, 1.54) is 0 Å². The molecular formula is C28H38N4O5. The number of aryl methyl sites for hydroxylation is 1. The maximum atomic E-state index is 12.4. The molecule has 1 saturated heterocycles. The van der Waals surface area contributed by atoms with Crippen LogP contribution >= 0.6 is 0 Å². The summed E-state index contributed by atoms with van der Waals surface area (Å²) in [6.45, 7) is 7.72. The maximum Gasteiger partial charge on any atom is 0.407 e. The van der Waals surface area contributed by atoms with Gasteiger partial charge in [-0.05, 0) is 57.2 Å². The van der Waals surface area contributed by atoms with Crippen molar-refractivity contribution in [1.29, 1.82) is 0 Å². The van der Waals surface area contributed by atoms with Crippen molar-refractivity contribution in [2.24, 2.45) is 5.92 Å². The van der Waals surface area contributed by atoms with Gasteiger partial charge in [0, 0.05) is 37.9 Å². The largest absolute Gasteiger partial charge is 0.445 e. The molecule has 37 heavy (non-hydrogen) atoms. The Balaban J connectivity index is 1.32. The molecule has 4 rings (SSSR count). The molecule has 2 unspecified atom stereocenters. The standard InChI is InChI=1S/C28H38N4O5/c1-28(2,3)37-27(34)31-24-16-32(15-21(24)18-35-4)25-13-10-20-14-22(11-12-23(20)30-25)29-26(33)36-17-19-8-6-5-7-9-19/h5-10,13,21-22,24H,11-12,14-18H2,1-4H3,(H,29,33)(H,31,34)/t21?,22-,24?/m0/s1. The van der Waals surface area contributed by atoms with E-state index in [4.69, 9.17) is 19.2 Å². The summed E-state index contributed by atoms with van der Waals surface area (Å²) in [5, 5.41) is 6.01. The van der Waals surface area contributed by atoms with Gasteiger partial charge < -0.3 is 29.7 Å². The highest BCUT2D eigenvalue weighted by Gasteiger charge is 2.36. The number of rotatable bonds is 7. The van der Waals surface area contributed by atoms with Crippen LogP contribution in [0.2, 0.25) is 0 Å². The van der Waals surface area contributed by atoms with E-state index >= 15 is 0 Å². The van der Waals surface area contributed by atoms with Crippen LogP contribution in [0, 0.1) is 5.92 Å². The minimum absolute atomic E-state index is 0.0173. The average molecular weight is 511 g/mol. The van der Waals surface area contributed by atoms with Crippen molar-refractivity contribution in [2.75, 3.05) is 31.7 Å². The lowest BCUT2D eigenvalue weighted by Gasteiger charge is -2.26. The summed E-state index contributed by atoms with van der Waals surface area (Å²) in [4.78, 5) is 31.8. The Hall–Kier alpha value is -3.33. The van der Waals surface area contributed by atoms with E-state index < -0.39 is 17.8 Å². The van der Waals surface area contributed by atoms with Gasteiger partial charge in [0.05, 0.1) is 12.6 Å². The lowest BCUT2D eigenvalue weighted by Crippen LogP contribution is -2.44. The van der Waals surface area contributed by atoms with E-state index in [1.54, 1.807) is 7.11 Å². The molecule has 9 heteroatoms. The third-order valence-corrected chi connectivity index (χ3v) is 6.63.